The molecule has 3 rings (SSSR count). The molecule has 5 heteroatoms. The molecule has 0 bridgehead atoms. The molecule has 28 heavy (non-hydrogen) atoms. The lowest BCUT2D eigenvalue weighted by molar-refractivity contribution is -0.151. The average molecular weight is 375 g/mol. The molecule has 0 fully saturated rings. The Balaban J connectivity index is 2.33. The zero-order valence-corrected chi connectivity index (χ0v) is 16.4. The predicted octanol–water partition coefficient (Wildman–Crippen LogP) is 4.10. The molecule has 0 saturated carbocycles. The van der Waals surface area contributed by atoms with Gasteiger partial charge < -0.3 is 10.5 Å². The van der Waals surface area contributed by atoms with Gasteiger partial charge in [0.2, 0.25) is 5.41 Å². The third-order valence-corrected chi connectivity index (χ3v) is 6.07. The van der Waals surface area contributed by atoms with Gasteiger partial charge in [-0.1, -0.05) is 49.2 Å². The monoisotopic (exact) mass is 375 g/mol. The van der Waals surface area contributed by atoms with Crippen molar-refractivity contribution in [1.29, 1.82) is 10.5 Å². The lowest BCUT2D eigenvalue weighted by atomic mass is 9.58. The molecule has 3 atom stereocenters. The van der Waals surface area contributed by atoms with E-state index in [1.54, 1.807) is 6.92 Å². The largest absolute Gasteiger partial charge is 0.464 e. The summed E-state index contributed by atoms with van der Waals surface area (Å²) in [6.07, 6.45) is 3.49. The highest BCUT2D eigenvalue weighted by molar-refractivity contribution is 5.88. The first kappa shape index (κ1) is 19.7. The number of benzene rings is 1. The van der Waals surface area contributed by atoms with Crippen molar-refractivity contribution < 1.29 is 9.53 Å². The van der Waals surface area contributed by atoms with Crippen LogP contribution in [0.4, 0.5) is 0 Å². The van der Waals surface area contributed by atoms with Crippen molar-refractivity contribution in [3.05, 3.63) is 58.3 Å². The molecule has 5 nitrogen and oxygen atoms in total. The third-order valence-electron chi connectivity index (χ3n) is 6.07. The number of rotatable bonds is 4. The second-order valence-electron chi connectivity index (χ2n) is 7.41. The van der Waals surface area contributed by atoms with Gasteiger partial charge in [0.15, 0.2) is 0 Å². The van der Waals surface area contributed by atoms with E-state index in [1.807, 2.05) is 30.3 Å². The predicted molar refractivity (Wildman–Crippen MR) is 105 cm³/mol. The summed E-state index contributed by atoms with van der Waals surface area (Å²) in [5, 5.41) is 20.1. The van der Waals surface area contributed by atoms with Crippen molar-refractivity contribution in [3.8, 4) is 12.1 Å². The quantitative estimate of drug-likeness (QED) is 0.799. The fraction of sp³-hybridized carbons (Fsp3) is 0.435. The fourth-order valence-corrected chi connectivity index (χ4v) is 4.62. The van der Waals surface area contributed by atoms with Gasteiger partial charge in [0.05, 0.1) is 23.9 Å². The topological polar surface area (TPSA) is 99.9 Å². The Morgan fingerprint density at radius 1 is 1.29 bits per heavy atom. The molecular formula is C23H25N3O2. The van der Waals surface area contributed by atoms with Gasteiger partial charge in [-0.05, 0) is 43.2 Å². The van der Waals surface area contributed by atoms with E-state index in [0.29, 0.717) is 5.92 Å². The zero-order chi connectivity index (χ0) is 20.3. The Labute approximate surface area is 166 Å². The van der Waals surface area contributed by atoms with E-state index in [4.69, 9.17) is 10.5 Å². The van der Waals surface area contributed by atoms with Gasteiger partial charge in [-0.15, -0.1) is 0 Å². The van der Waals surface area contributed by atoms with Crippen LogP contribution in [0.5, 0.6) is 0 Å². The highest BCUT2D eigenvalue weighted by Crippen LogP contribution is 2.56. The number of hydrogen-bond acceptors (Lipinski definition) is 5. The summed E-state index contributed by atoms with van der Waals surface area (Å²) >= 11 is 0. The number of ether oxygens (including phenoxy) is 1. The molecular weight excluding hydrogens is 350 g/mol. The van der Waals surface area contributed by atoms with Crippen molar-refractivity contribution in [2.75, 3.05) is 6.61 Å². The molecule has 2 aliphatic rings. The zero-order valence-electron chi connectivity index (χ0n) is 16.4. The van der Waals surface area contributed by atoms with Crippen molar-refractivity contribution in [3.63, 3.8) is 0 Å². The number of hydrogen-bond donors (Lipinski definition) is 1. The van der Waals surface area contributed by atoms with Gasteiger partial charge >= 0.3 is 5.97 Å². The standard InChI is InChI=1S/C23H25N3O2/c1-3-15-10-11-17-18(12-15)20(16-8-6-5-7-9-16)23(14-25,22(27)28-4-2)21(26)19(17)13-24/h5-9,15,20H,3-4,10-12,26H2,1-2H3/t15-,20+,23-/m1/s1. The smallest absolute Gasteiger partial charge is 0.333 e. The first-order chi connectivity index (χ1) is 13.5. The minimum absolute atomic E-state index is 0.0264. The Morgan fingerprint density at radius 2 is 2.00 bits per heavy atom. The molecule has 2 N–H and O–H groups in total. The number of carbonyl (C=O) groups is 1. The van der Waals surface area contributed by atoms with Gasteiger partial charge in [-0.2, -0.15) is 10.5 Å². The number of carbonyl (C=O) groups excluding carboxylic acids is 1. The van der Waals surface area contributed by atoms with Crippen molar-refractivity contribution in [2.45, 2.75) is 45.4 Å². The Morgan fingerprint density at radius 3 is 2.57 bits per heavy atom. The highest BCUT2D eigenvalue weighted by atomic mass is 16.5. The van der Waals surface area contributed by atoms with E-state index in [1.165, 1.54) is 0 Å². The van der Waals surface area contributed by atoms with Crippen molar-refractivity contribution >= 4 is 5.97 Å². The second-order valence-corrected chi connectivity index (χ2v) is 7.41. The van der Waals surface area contributed by atoms with Crippen LogP contribution in [0.2, 0.25) is 0 Å². The van der Waals surface area contributed by atoms with E-state index in [0.717, 1.165) is 42.4 Å². The maximum absolute atomic E-state index is 13.1. The first-order valence-electron chi connectivity index (χ1n) is 9.81. The van der Waals surface area contributed by atoms with Crippen LogP contribution in [0.15, 0.2) is 52.7 Å². The molecule has 0 amide bonds. The van der Waals surface area contributed by atoms with Crippen LogP contribution in [0, 0.1) is 34.0 Å². The summed E-state index contributed by atoms with van der Waals surface area (Å²) in [5.41, 5.74) is 7.75. The highest BCUT2D eigenvalue weighted by Gasteiger charge is 2.57. The van der Waals surface area contributed by atoms with Gasteiger partial charge in [-0.25, -0.2) is 4.79 Å². The Hall–Kier alpha value is -3.05. The molecule has 0 radical (unpaired) electrons. The number of allylic oxidation sites excluding steroid dienone is 3. The van der Waals surface area contributed by atoms with Crippen LogP contribution in [0.1, 0.15) is 51.0 Å². The van der Waals surface area contributed by atoms with E-state index < -0.39 is 17.3 Å². The van der Waals surface area contributed by atoms with E-state index in [9.17, 15) is 15.3 Å². The molecule has 1 aromatic rings. The molecule has 0 aliphatic heterocycles. The number of nitrogens with two attached hydrogens (primary N) is 1. The van der Waals surface area contributed by atoms with Gasteiger partial charge in [0.1, 0.15) is 6.07 Å². The van der Waals surface area contributed by atoms with Crippen LogP contribution < -0.4 is 5.73 Å². The summed E-state index contributed by atoms with van der Waals surface area (Å²) in [6.45, 7) is 3.99. The maximum atomic E-state index is 13.1. The second kappa shape index (κ2) is 7.90. The lowest BCUT2D eigenvalue weighted by Gasteiger charge is -2.43. The third kappa shape index (κ3) is 2.88. The summed E-state index contributed by atoms with van der Waals surface area (Å²) in [4.78, 5) is 13.1. The molecule has 0 aromatic heterocycles. The van der Waals surface area contributed by atoms with E-state index in [-0.39, 0.29) is 17.9 Å². The average Bonchev–Trinajstić information content (AvgIpc) is 2.73. The van der Waals surface area contributed by atoms with E-state index >= 15 is 0 Å². The lowest BCUT2D eigenvalue weighted by Crippen LogP contribution is -2.46. The van der Waals surface area contributed by atoms with Crippen molar-refractivity contribution in [2.24, 2.45) is 17.1 Å². The molecule has 1 aromatic carbocycles. The fourth-order valence-electron chi connectivity index (χ4n) is 4.62. The summed E-state index contributed by atoms with van der Waals surface area (Å²) in [7, 11) is 0. The number of nitrogens with zero attached hydrogens (tertiary/aromatic N) is 2. The van der Waals surface area contributed by atoms with Gasteiger partial charge in [0.25, 0.3) is 0 Å². The molecule has 0 saturated heterocycles. The number of nitriles is 2. The maximum Gasteiger partial charge on any atom is 0.333 e. The van der Waals surface area contributed by atoms with Crippen molar-refractivity contribution in [1.82, 2.24) is 0 Å². The van der Waals surface area contributed by atoms with Crippen LogP contribution in [0.25, 0.3) is 0 Å². The molecule has 144 valence electrons. The summed E-state index contributed by atoms with van der Waals surface area (Å²) < 4.78 is 5.32. The van der Waals surface area contributed by atoms with E-state index in [2.05, 4.69) is 19.1 Å². The molecule has 0 heterocycles. The minimum Gasteiger partial charge on any atom is -0.464 e. The summed E-state index contributed by atoms with van der Waals surface area (Å²) in [6, 6.07) is 13.9. The molecule has 2 aliphatic carbocycles. The van der Waals surface area contributed by atoms with Crippen LogP contribution in [-0.4, -0.2) is 12.6 Å². The Bertz CT molecular complexity index is 917. The van der Waals surface area contributed by atoms with Gasteiger partial charge in [-0.3, -0.25) is 0 Å². The SMILES string of the molecule is CCOC(=O)[C@@]1(C#N)C(N)=C(C#N)C2=C(C[C@H](CC)CC2)[C@@H]1c1ccccc1. The normalized spacial score (nSPS) is 26.9. The molecule has 0 unspecified atom stereocenters. The van der Waals surface area contributed by atoms with Crippen LogP contribution in [0.3, 0.4) is 0 Å². The van der Waals surface area contributed by atoms with Gasteiger partial charge in [0, 0.05) is 5.92 Å². The van der Waals surface area contributed by atoms with Crippen LogP contribution >= 0.6 is 0 Å². The van der Waals surface area contributed by atoms with Crippen LogP contribution in [-0.2, 0) is 9.53 Å². The summed E-state index contributed by atoms with van der Waals surface area (Å²) in [5.74, 6) is -0.760. The number of esters is 1. The minimum atomic E-state index is -1.73. The Kier molecular flexibility index (Phi) is 5.56. The first-order valence-corrected chi connectivity index (χ1v) is 9.81. The molecule has 0 spiro atoms.